The van der Waals surface area contributed by atoms with E-state index in [1.54, 1.807) is 16.8 Å². The van der Waals surface area contributed by atoms with Gasteiger partial charge in [0.25, 0.3) is 11.1 Å². The number of pyridine rings is 1. The second kappa shape index (κ2) is 8.37. The first kappa shape index (κ1) is 21.7. The first-order valence-corrected chi connectivity index (χ1v) is 9.78. The predicted molar refractivity (Wildman–Crippen MR) is 115 cm³/mol. The molecule has 11 heteroatoms. The van der Waals surface area contributed by atoms with Crippen LogP contribution in [-0.2, 0) is 6.42 Å². The van der Waals surface area contributed by atoms with Crippen LogP contribution in [-0.4, -0.2) is 19.0 Å². The topological polar surface area (TPSA) is 114 Å². The van der Waals surface area contributed by atoms with Gasteiger partial charge in [0.15, 0.2) is 5.75 Å². The van der Waals surface area contributed by atoms with Crippen LogP contribution in [0, 0.1) is 0 Å². The van der Waals surface area contributed by atoms with Crippen molar-refractivity contribution in [3.63, 3.8) is 0 Å². The second-order valence-corrected chi connectivity index (χ2v) is 7.56. The summed E-state index contributed by atoms with van der Waals surface area (Å²) in [5.74, 6) is 5.96. The van der Waals surface area contributed by atoms with Crippen LogP contribution in [0.2, 0.25) is 10.0 Å². The van der Waals surface area contributed by atoms with Gasteiger partial charge in [-0.1, -0.05) is 30.1 Å². The molecule has 2 aromatic heterocycles. The van der Waals surface area contributed by atoms with Crippen molar-refractivity contribution in [3.8, 4) is 17.2 Å². The van der Waals surface area contributed by atoms with Gasteiger partial charge in [-0.3, -0.25) is 9.59 Å². The molecule has 0 aliphatic carbocycles. The summed E-state index contributed by atoms with van der Waals surface area (Å²) in [4.78, 5) is 36.1. The minimum atomic E-state index is -0.861. The lowest BCUT2D eigenvalue weighted by Gasteiger charge is -2.16. The molecule has 1 aromatic carbocycles. The van der Waals surface area contributed by atoms with E-state index in [0.717, 1.165) is 10.9 Å². The van der Waals surface area contributed by atoms with Crippen molar-refractivity contribution in [2.75, 3.05) is 5.84 Å². The van der Waals surface area contributed by atoms with Crippen LogP contribution in [0.3, 0.4) is 0 Å². The summed E-state index contributed by atoms with van der Waals surface area (Å²) in [6, 6.07) is 4.38. The molecule has 0 bridgehead atoms. The number of ether oxygens (including phenoxy) is 1. The van der Waals surface area contributed by atoms with E-state index in [1.807, 2.05) is 20.8 Å². The molecule has 0 radical (unpaired) electrons. The number of hydrogen-bond donors (Lipinski definition) is 1. The van der Waals surface area contributed by atoms with E-state index in [9.17, 15) is 14.4 Å². The average Bonchev–Trinajstić information content (AvgIpc) is 2.69. The molecule has 30 heavy (non-hydrogen) atoms. The summed E-state index contributed by atoms with van der Waals surface area (Å²) < 4.78 is 8.75. The normalized spacial score (nSPS) is 11.1. The van der Waals surface area contributed by atoms with Gasteiger partial charge in [-0.05, 0) is 38.5 Å². The maximum absolute atomic E-state index is 12.4. The summed E-state index contributed by atoms with van der Waals surface area (Å²) >= 11 is 12.7. The number of hydrogen-bond acceptors (Lipinski definition) is 6. The predicted octanol–water partition coefficient (Wildman–Crippen LogP) is 2.51. The van der Waals surface area contributed by atoms with Crippen LogP contribution in [0.1, 0.15) is 32.4 Å². The molecule has 0 saturated carbocycles. The molecule has 9 nitrogen and oxygen atoms in total. The van der Waals surface area contributed by atoms with E-state index >= 15 is 0 Å². The van der Waals surface area contributed by atoms with Gasteiger partial charge in [-0.15, -0.1) is 0 Å². The minimum Gasteiger partial charge on any atom is -0.453 e. The Morgan fingerprint density at radius 1 is 1.13 bits per heavy atom. The maximum Gasteiger partial charge on any atom is 0.370 e. The van der Waals surface area contributed by atoms with E-state index in [2.05, 4.69) is 5.10 Å². The molecule has 158 valence electrons. The first-order valence-electron chi connectivity index (χ1n) is 9.02. The molecule has 3 aromatic rings. The lowest BCUT2D eigenvalue weighted by molar-refractivity contribution is 0.463. The van der Waals surface area contributed by atoms with Crippen molar-refractivity contribution in [1.29, 1.82) is 0 Å². The van der Waals surface area contributed by atoms with Crippen molar-refractivity contribution in [2.45, 2.75) is 33.2 Å². The van der Waals surface area contributed by atoms with Crippen molar-refractivity contribution >= 4 is 23.2 Å². The zero-order chi connectivity index (χ0) is 22.2. The third kappa shape index (κ3) is 3.99. The van der Waals surface area contributed by atoms with Gasteiger partial charge in [-0.2, -0.15) is 14.5 Å². The van der Waals surface area contributed by atoms with E-state index < -0.39 is 11.2 Å². The lowest BCUT2D eigenvalue weighted by atomic mass is 10.2. The number of nitrogens with two attached hydrogens (primary N) is 1. The fourth-order valence-corrected chi connectivity index (χ4v) is 3.35. The Morgan fingerprint density at radius 3 is 2.33 bits per heavy atom. The van der Waals surface area contributed by atoms with Crippen molar-refractivity contribution < 1.29 is 4.74 Å². The molecule has 0 unspecified atom stereocenters. The molecule has 0 saturated heterocycles. The van der Waals surface area contributed by atoms with Crippen molar-refractivity contribution in [2.24, 2.45) is 0 Å². The second-order valence-electron chi connectivity index (χ2n) is 6.75. The summed E-state index contributed by atoms with van der Waals surface area (Å²) in [7, 11) is 0. The zero-order valence-corrected chi connectivity index (χ0v) is 17.9. The van der Waals surface area contributed by atoms with Gasteiger partial charge >= 0.3 is 5.69 Å². The molecule has 0 fully saturated rings. The number of rotatable bonds is 5. The lowest BCUT2D eigenvalue weighted by Crippen LogP contribution is -2.44. The number of benzene rings is 1. The van der Waals surface area contributed by atoms with E-state index in [-0.39, 0.29) is 33.1 Å². The van der Waals surface area contributed by atoms with Crippen LogP contribution in [0.4, 0.5) is 0 Å². The summed E-state index contributed by atoms with van der Waals surface area (Å²) in [5, 5.41) is 3.96. The molecule has 3 rings (SSSR count). The summed E-state index contributed by atoms with van der Waals surface area (Å²) in [5.41, 5.74) is -0.913. The Balaban J connectivity index is 2.07. The van der Waals surface area contributed by atoms with E-state index in [4.69, 9.17) is 33.8 Å². The standard InChI is InChI=1S/C19H19Cl2N5O4/c1-4-11-5-13(9-24(10(2)3)18(11)28)30-17-14(20)6-12(7-15(17)21)26-19(29)25(22)16(27)8-23-26/h5-10H,4,22H2,1-3H3. The fraction of sp³-hybridized carbons (Fsp3) is 0.263. The van der Waals surface area contributed by atoms with Gasteiger partial charge in [0.05, 0.1) is 21.9 Å². The number of nitrogen functional groups attached to an aromatic ring is 1. The monoisotopic (exact) mass is 451 g/mol. The quantitative estimate of drug-likeness (QED) is 0.595. The Kier molecular flexibility index (Phi) is 6.04. The van der Waals surface area contributed by atoms with E-state index in [0.29, 0.717) is 22.4 Å². The maximum atomic E-state index is 12.4. The highest BCUT2D eigenvalue weighted by molar-refractivity contribution is 6.37. The number of aryl methyl sites for hydroxylation is 1. The highest BCUT2D eigenvalue weighted by atomic mass is 35.5. The van der Waals surface area contributed by atoms with Gasteiger partial charge in [-0.25, -0.2) is 4.79 Å². The number of aromatic nitrogens is 4. The fourth-order valence-electron chi connectivity index (χ4n) is 2.80. The van der Waals surface area contributed by atoms with Crippen molar-refractivity contribution in [3.05, 3.63) is 77.4 Å². The van der Waals surface area contributed by atoms with Crippen LogP contribution < -0.4 is 27.4 Å². The molecule has 2 N–H and O–H groups in total. The zero-order valence-electron chi connectivity index (χ0n) is 16.4. The molecule has 0 atom stereocenters. The van der Waals surface area contributed by atoms with Gasteiger partial charge in [0.2, 0.25) is 0 Å². The molecule has 2 heterocycles. The summed E-state index contributed by atoms with van der Waals surface area (Å²) in [6.07, 6.45) is 3.02. The largest absolute Gasteiger partial charge is 0.453 e. The van der Waals surface area contributed by atoms with Crippen LogP contribution in [0.15, 0.2) is 45.0 Å². The average molecular weight is 452 g/mol. The van der Waals surface area contributed by atoms with Gasteiger partial charge < -0.3 is 15.1 Å². The Morgan fingerprint density at radius 2 is 1.77 bits per heavy atom. The summed E-state index contributed by atoms with van der Waals surface area (Å²) in [6.45, 7) is 5.66. The van der Waals surface area contributed by atoms with Crippen LogP contribution in [0.5, 0.6) is 11.5 Å². The molecule has 0 amide bonds. The Bertz CT molecular complexity index is 1270. The Labute approximate surface area is 180 Å². The first-order chi connectivity index (χ1) is 14.1. The van der Waals surface area contributed by atoms with E-state index in [1.165, 1.54) is 12.1 Å². The third-order valence-corrected chi connectivity index (χ3v) is 4.95. The molecule has 0 aliphatic rings. The number of nitrogens with zero attached hydrogens (tertiary/aromatic N) is 4. The molecule has 0 spiro atoms. The number of halogens is 2. The highest BCUT2D eigenvalue weighted by Crippen LogP contribution is 2.38. The van der Waals surface area contributed by atoms with Gasteiger partial charge in [0.1, 0.15) is 11.9 Å². The van der Waals surface area contributed by atoms with Crippen LogP contribution in [0.25, 0.3) is 5.69 Å². The molecular weight excluding hydrogens is 433 g/mol. The highest BCUT2D eigenvalue weighted by Gasteiger charge is 2.16. The minimum absolute atomic E-state index is 0.0652. The van der Waals surface area contributed by atoms with Crippen LogP contribution >= 0.6 is 23.2 Å². The third-order valence-electron chi connectivity index (χ3n) is 4.39. The Hall–Kier alpha value is -3.04. The SMILES string of the molecule is CCc1cc(Oc2c(Cl)cc(-n3ncc(=O)n(N)c3=O)cc2Cl)cn(C(C)C)c1=O. The smallest absolute Gasteiger partial charge is 0.370 e. The molecular formula is C19H19Cl2N5O4. The molecule has 0 aliphatic heterocycles. The van der Waals surface area contributed by atoms with Crippen molar-refractivity contribution in [1.82, 2.24) is 19.0 Å². The van der Waals surface area contributed by atoms with Gasteiger partial charge in [0, 0.05) is 11.6 Å².